The Balaban J connectivity index is 1.79. The Kier molecular flexibility index (Phi) is 6.09. The van der Waals surface area contributed by atoms with E-state index in [0.717, 1.165) is 12.8 Å². The van der Waals surface area contributed by atoms with E-state index in [-0.39, 0.29) is 30.2 Å². The number of ether oxygens (including phenoxy) is 1. The Hall–Kier alpha value is -2.43. The number of Topliss-reactive ketones (excluding diaryl/α,β-unsaturated/α-hetero) is 1. The quantitative estimate of drug-likeness (QED) is 0.477. The van der Waals surface area contributed by atoms with Crippen LogP contribution in [-0.2, 0) is 14.3 Å². The van der Waals surface area contributed by atoms with E-state index in [4.69, 9.17) is 4.74 Å². The average Bonchev–Trinajstić information content (AvgIpc) is 3.06. The van der Waals surface area contributed by atoms with Crippen molar-refractivity contribution >= 4 is 23.3 Å². The average molecular weight is 315 g/mol. The van der Waals surface area contributed by atoms with Crippen LogP contribution in [0.5, 0.6) is 0 Å². The summed E-state index contributed by atoms with van der Waals surface area (Å²) in [5.41, 5.74) is 1.09. The molecule has 5 nitrogen and oxygen atoms in total. The van der Waals surface area contributed by atoms with Crippen molar-refractivity contribution in [1.82, 2.24) is 0 Å². The highest BCUT2D eigenvalue weighted by molar-refractivity contribution is 5.98. The molecule has 0 aromatic heterocycles. The summed E-state index contributed by atoms with van der Waals surface area (Å²) in [6.07, 6.45) is 6.76. The molecule has 122 valence electrons. The number of benzene rings is 1. The van der Waals surface area contributed by atoms with Crippen molar-refractivity contribution in [2.45, 2.75) is 32.6 Å². The molecular formula is C18H21NO4. The van der Waals surface area contributed by atoms with Crippen molar-refractivity contribution in [2.75, 3.05) is 11.9 Å². The van der Waals surface area contributed by atoms with Gasteiger partial charge in [-0.05, 0) is 43.0 Å². The van der Waals surface area contributed by atoms with Gasteiger partial charge in [0, 0.05) is 17.7 Å². The largest absolute Gasteiger partial charge is 0.457 e. The molecule has 0 bridgehead atoms. The summed E-state index contributed by atoms with van der Waals surface area (Å²) in [4.78, 5) is 35.0. The number of carbonyl (C=O) groups excluding carboxylic acids is 3. The minimum Gasteiger partial charge on any atom is -0.457 e. The van der Waals surface area contributed by atoms with Crippen molar-refractivity contribution in [2.24, 2.45) is 5.92 Å². The summed E-state index contributed by atoms with van der Waals surface area (Å²) in [7, 11) is 0. The molecule has 0 saturated carbocycles. The molecule has 0 aliphatic heterocycles. The van der Waals surface area contributed by atoms with Crippen LogP contribution in [0, 0.1) is 5.92 Å². The van der Waals surface area contributed by atoms with Crippen molar-refractivity contribution in [3.8, 4) is 0 Å². The van der Waals surface area contributed by atoms with Crippen molar-refractivity contribution in [3.05, 3.63) is 42.0 Å². The number of amides is 1. The molecule has 1 aliphatic rings. The van der Waals surface area contributed by atoms with Crippen LogP contribution in [0.25, 0.3) is 0 Å². The first-order valence-corrected chi connectivity index (χ1v) is 7.84. The maximum atomic E-state index is 12.0. The number of anilines is 1. The molecule has 0 fully saturated rings. The zero-order chi connectivity index (χ0) is 16.7. The normalized spacial score (nSPS) is 16.1. The molecule has 1 aliphatic carbocycles. The number of esters is 1. The van der Waals surface area contributed by atoms with Gasteiger partial charge in [-0.3, -0.25) is 14.4 Å². The monoisotopic (exact) mass is 315 g/mol. The van der Waals surface area contributed by atoms with E-state index >= 15 is 0 Å². The highest BCUT2D eigenvalue weighted by atomic mass is 16.5. The van der Waals surface area contributed by atoms with Crippen LogP contribution >= 0.6 is 0 Å². The fourth-order valence-electron chi connectivity index (χ4n) is 2.36. The van der Waals surface area contributed by atoms with Gasteiger partial charge in [-0.15, -0.1) is 0 Å². The van der Waals surface area contributed by atoms with Gasteiger partial charge in [0.1, 0.15) is 0 Å². The van der Waals surface area contributed by atoms with Crippen LogP contribution in [0.15, 0.2) is 36.4 Å². The number of hydrogen-bond donors (Lipinski definition) is 1. The predicted molar refractivity (Wildman–Crippen MR) is 87.1 cm³/mol. The minimum absolute atomic E-state index is 0.0843. The van der Waals surface area contributed by atoms with Gasteiger partial charge in [-0.25, -0.2) is 0 Å². The van der Waals surface area contributed by atoms with Crippen LogP contribution in [0.2, 0.25) is 0 Å². The lowest BCUT2D eigenvalue weighted by Crippen LogP contribution is -2.16. The van der Waals surface area contributed by atoms with Gasteiger partial charge in [-0.2, -0.15) is 0 Å². The summed E-state index contributed by atoms with van der Waals surface area (Å²) >= 11 is 0. The minimum atomic E-state index is -0.346. The SMILES string of the molecule is CCC(=O)Nc1ccc(C(=O)COC(=O)C[C@@H]2C=CCC2)cc1. The Morgan fingerprint density at radius 2 is 1.96 bits per heavy atom. The molecule has 1 aromatic rings. The lowest BCUT2D eigenvalue weighted by molar-refractivity contribution is -0.143. The number of allylic oxidation sites excluding steroid dienone is 2. The van der Waals surface area contributed by atoms with Crippen LogP contribution in [0.3, 0.4) is 0 Å². The third kappa shape index (κ3) is 5.36. The summed E-state index contributed by atoms with van der Waals surface area (Å²) in [6.45, 7) is 1.51. The van der Waals surface area contributed by atoms with Crippen molar-refractivity contribution in [3.63, 3.8) is 0 Å². The molecule has 5 heteroatoms. The molecule has 1 atom stereocenters. The van der Waals surface area contributed by atoms with Crippen LogP contribution in [0.4, 0.5) is 5.69 Å². The Labute approximate surface area is 135 Å². The van der Waals surface area contributed by atoms with E-state index in [1.165, 1.54) is 0 Å². The molecule has 1 N–H and O–H groups in total. The maximum Gasteiger partial charge on any atom is 0.306 e. The first kappa shape index (κ1) is 16.9. The summed E-state index contributed by atoms with van der Waals surface area (Å²) < 4.78 is 5.04. The van der Waals surface area contributed by atoms with Gasteiger partial charge in [0.15, 0.2) is 12.4 Å². The molecule has 2 rings (SSSR count). The predicted octanol–water partition coefficient (Wildman–Crippen LogP) is 3.12. The summed E-state index contributed by atoms with van der Waals surface area (Å²) in [6, 6.07) is 6.54. The lowest BCUT2D eigenvalue weighted by atomic mass is 10.1. The van der Waals surface area contributed by atoms with Crippen molar-refractivity contribution in [1.29, 1.82) is 0 Å². The smallest absolute Gasteiger partial charge is 0.306 e. The summed E-state index contributed by atoms with van der Waals surface area (Å²) in [5, 5.41) is 2.71. The second kappa shape index (κ2) is 8.27. The van der Waals surface area contributed by atoms with E-state index in [1.54, 1.807) is 31.2 Å². The second-order valence-corrected chi connectivity index (χ2v) is 5.53. The van der Waals surface area contributed by atoms with Gasteiger partial charge in [0.2, 0.25) is 5.91 Å². The lowest BCUT2D eigenvalue weighted by Gasteiger charge is -2.08. The topological polar surface area (TPSA) is 72.5 Å². The number of ketones is 1. The highest BCUT2D eigenvalue weighted by Gasteiger charge is 2.16. The first-order valence-electron chi connectivity index (χ1n) is 7.84. The number of nitrogens with one attached hydrogen (secondary N) is 1. The van der Waals surface area contributed by atoms with Gasteiger partial charge >= 0.3 is 5.97 Å². The highest BCUT2D eigenvalue weighted by Crippen LogP contribution is 2.20. The molecule has 0 radical (unpaired) electrons. The number of carbonyl (C=O) groups is 3. The molecule has 23 heavy (non-hydrogen) atoms. The Morgan fingerprint density at radius 3 is 2.57 bits per heavy atom. The maximum absolute atomic E-state index is 12.0. The fourth-order valence-corrected chi connectivity index (χ4v) is 2.36. The standard InChI is InChI=1S/C18H21NO4/c1-2-17(21)19-15-9-7-14(8-10-15)16(20)12-23-18(22)11-13-5-3-4-6-13/h3,5,7-10,13H,2,4,6,11-12H2,1H3,(H,19,21)/t13-/m1/s1. The molecular weight excluding hydrogens is 294 g/mol. The molecule has 1 aromatic carbocycles. The molecule has 0 spiro atoms. The van der Waals surface area contributed by atoms with E-state index in [9.17, 15) is 14.4 Å². The van der Waals surface area contributed by atoms with Crippen LogP contribution in [-0.4, -0.2) is 24.3 Å². The van der Waals surface area contributed by atoms with Gasteiger partial charge in [0.25, 0.3) is 0 Å². The third-order valence-electron chi connectivity index (χ3n) is 3.72. The van der Waals surface area contributed by atoms with Gasteiger partial charge in [0.05, 0.1) is 6.42 Å². The molecule has 1 amide bonds. The first-order chi connectivity index (χ1) is 11.1. The fraction of sp³-hybridized carbons (Fsp3) is 0.389. The van der Waals surface area contributed by atoms with E-state index in [0.29, 0.717) is 24.1 Å². The Bertz CT molecular complexity index is 604. The van der Waals surface area contributed by atoms with Crippen molar-refractivity contribution < 1.29 is 19.1 Å². The van der Waals surface area contributed by atoms with E-state index in [2.05, 4.69) is 11.4 Å². The van der Waals surface area contributed by atoms with Crippen LogP contribution in [0.1, 0.15) is 43.0 Å². The zero-order valence-electron chi connectivity index (χ0n) is 13.2. The summed E-state index contributed by atoms with van der Waals surface area (Å²) in [5.74, 6) is -0.451. The van der Waals surface area contributed by atoms with Gasteiger partial charge < -0.3 is 10.1 Å². The molecule has 0 heterocycles. The van der Waals surface area contributed by atoms with E-state index in [1.807, 2.05) is 6.08 Å². The second-order valence-electron chi connectivity index (χ2n) is 5.53. The Morgan fingerprint density at radius 1 is 1.22 bits per heavy atom. The van der Waals surface area contributed by atoms with Gasteiger partial charge in [-0.1, -0.05) is 19.1 Å². The zero-order valence-corrected chi connectivity index (χ0v) is 13.2. The third-order valence-corrected chi connectivity index (χ3v) is 3.72. The molecule has 0 unspecified atom stereocenters. The molecule has 0 saturated heterocycles. The van der Waals surface area contributed by atoms with E-state index < -0.39 is 0 Å². The van der Waals surface area contributed by atoms with Crippen LogP contribution < -0.4 is 5.32 Å². The number of rotatable bonds is 7. The number of hydrogen-bond acceptors (Lipinski definition) is 4.